The van der Waals surface area contributed by atoms with Crippen LogP contribution in [0.1, 0.15) is 73.5 Å². The van der Waals surface area contributed by atoms with E-state index < -0.39 is 5.60 Å². The fourth-order valence-corrected chi connectivity index (χ4v) is 7.74. The van der Waals surface area contributed by atoms with Crippen molar-refractivity contribution >= 4 is 29.2 Å². The lowest BCUT2D eigenvalue weighted by molar-refractivity contribution is -0.141. The maximum atomic E-state index is 14.1. The van der Waals surface area contributed by atoms with Gasteiger partial charge in [-0.2, -0.15) is 0 Å². The number of hydrogen-bond acceptors (Lipinski definition) is 6. The summed E-state index contributed by atoms with van der Waals surface area (Å²) in [5.74, 6) is 1.38. The molecule has 6 rings (SSSR count). The maximum absolute atomic E-state index is 14.1. The van der Waals surface area contributed by atoms with Gasteiger partial charge < -0.3 is 24.0 Å². The van der Waals surface area contributed by atoms with E-state index in [0.717, 1.165) is 59.9 Å². The molecule has 0 radical (unpaired) electrons. The Bertz CT molecular complexity index is 1670. The first-order chi connectivity index (χ1) is 23.0. The normalized spacial score (nSPS) is 21.6. The zero-order valence-electron chi connectivity index (χ0n) is 28.6. The third kappa shape index (κ3) is 7.21. The van der Waals surface area contributed by atoms with Crippen molar-refractivity contribution in [2.24, 2.45) is 11.8 Å². The second-order valence-electron chi connectivity index (χ2n) is 14.6. The number of benzene rings is 3. The standard InChI is InChI=1S/C40H47ClN2O5/c1-6-20-42(23-27-9-14-32(46-5)15-10-27)37(44)33-16-11-30(33)24-43-25-40(19-7-8-28-21-31(41)13-17-34(28)40)26-47-36-18-12-29(22-35(36)43)38(45)48-39(2,3)4/h6,9-10,12-15,17-18,21-22,30,33H,1,7-8,11,16,19-20,23-26H2,2-5H3/t30-,33+,40-/m0/s1. The molecule has 254 valence electrons. The van der Waals surface area contributed by atoms with Crippen molar-refractivity contribution in [3.05, 3.63) is 101 Å². The predicted octanol–water partition coefficient (Wildman–Crippen LogP) is 8.02. The van der Waals surface area contributed by atoms with Crippen molar-refractivity contribution in [2.45, 2.75) is 70.4 Å². The second kappa shape index (κ2) is 13.9. The van der Waals surface area contributed by atoms with E-state index in [0.29, 0.717) is 38.3 Å². The third-order valence-electron chi connectivity index (χ3n) is 10.1. The highest BCUT2D eigenvalue weighted by Crippen LogP contribution is 2.46. The quantitative estimate of drug-likeness (QED) is 0.170. The average molecular weight is 671 g/mol. The van der Waals surface area contributed by atoms with E-state index in [2.05, 4.69) is 23.6 Å². The van der Waals surface area contributed by atoms with Crippen LogP contribution in [0.3, 0.4) is 0 Å². The fourth-order valence-electron chi connectivity index (χ4n) is 7.55. The SMILES string of the molecule is C=CCN(Cc1ccc(OC)cc1)C(=O)[C@@H]1CC[C@H]1CN1C[C@@]2(CCCc3cc(Cl)ccc32)COc2ccc(C(=O)OC(C)(C)C)cc21. The van der Waals surface area contributed by atoms with Crippen LogP contribution in [-0.2, 0) is 27.9 Å². The number of carbonyl (C=O) groups is 2. The number of amides is 1. The van der Waals surface area contributed by atoms with Crippen LogP contribution < -0.4 is 14.4 Å². The lowest BCUT2D eigenvalue weighted by Gasteiger charge is -2.45. The molecule has 3 aromatic rings. The highest BCUT2D eigenvalue weighted by Gasteiger charge is 2.45. The molecule has 1 aliphatic heterocycles. The fraction of sp³-hybridized carbons (Fsp3) is 0.450. The first-order valence-electron chi connectivity index (χ1n) is 17.1. The molecule has 0 bridgehead atoms. The van der Waals surface area contributed by atoms with Crippen LogP contribution in [0.4, 0.5) is 5.69 Å². The number of carbonyl (C=O) groups excluding carboxylic acids is 2. The molecule has 2 aliphatic carbocycles. The Hall–Kier alpha value is -3.97. The summed E-state index contributed by atoms with van der Waals surface area (Å²) in [5, 5.41) is 0.747. The van der Waals surface area contributed by atoms with Gasteiger partial charge in [-0.25, -0.2) is 4.79 Å². The average Bonchev–Trinajstić information content (AvgIpc) is 3.19. The van der Waals surface area contributed by atoms with E-state index in [9.17, 15) is 9.59 Å². The monoisotopic (exact) mass is 670 g/mol. The minimum absolute atomic E-state index is 0.0988. The molecule has 0 saturated heterocycles. The molecule has 1 heterocycles. The molecule has 48 heavy (non-hydrogen) atoms. The summed E-state index contributed by atoms with van der Waals surface area (Å²) in [6.07, 6.45) is 6.61. The molecule has 0 N–H and O–H groups in total. The minimum Gasteiger partial charge on any atom is -0.497 e. The number of methoxy groups -OCH3 is 1. The number of ether oxygens (including phenoxy) is 3. The van der Waals surface area contributed by atoms with Crippen LogP contribution in [0.5, 0.6) is 11.5 Å². The van der Waals surface area contributed by atoms with Gasteiger partial charge in [-0.05, 0) is 118 Å². The van der Waals surface area contributed by atoms with Crippen molar-refractivity contribution in [3.8, 4) is 11.5 Å². The Labute approximate surface area is 289 Å². The highest BCUT2D eigenvalue weighted by atomic mass is 35.5. The number of halogens is 1. The van der Waals surface area contributed by atoms with Crippen LogP contribution in [0.15, 0.2) is 73.3 Å². The van der Waals surface area contributed by atoms with E-state index in [-0.39, 0.29) is 29.1 Å². The van der Waals surface area contributed by atoms with Gasteiger partial charge in [-0.1, -0.05) is 35.9 Å². The van der Waals surface area contributed by atoms with Crippen LogP contribution in [-0.4, -0.2) is 55.7 Å². The molecular weight excluding hydrogens is 624 g/mol. The number of aryl methyl sites for hydroxylation is 1. The van der Waals surface area contributed by atoms with Crippen molar-refractivity contribution in [1.29, 1.82) is 0 Å². The van der Waals surface area contributed by atoms with E-state index in [1.807, 2.05) is 68.1 Å². The van der Waals surface area contributed by atoms with Gasteiger partial charge in [0.2, 0.25) is 5.91 Å². The first kappa shape index (κ1) is 33.9. The summed E-state index contributed by atoms with van der Waals surface area (Å²) >= 11 is 6.45. The van der Waals surface area contributed by atoms with Crippen molar-refractivity contribution < 1.29 is 23.8 Å². The smallest absolute Gasteiger partial charge is 0.338 e. The molecule has 1 spiro atoms. The largest absolute Gasteiger partial charge is 0.497 e. The number of fused-ring (bicyclic) bond motifs is 3. The summed E-state index contributed by atoms with van der Waals surface area (Å²) in [4.78, 5) is 31.6. The van der Waals surface area contributed by atoms with Crippen LogP contribution >= 0.6 is 11.6 Å². The molecule has 1 saturated carbocycles. The number of nitrogens with zero attached hydrogens (tertiary/aromatic N) is 2. The molecule has 3 atom stereocenters. The van der Waals surface area contributed by atoms with Gasteiger partial charge in [-0.3, -0.25) is 4.79 Å². The lowest BCUT2D eigenvalue weighted by atomic mass is 9.69. The molecule has 7 nitrogen and oxygen atoms in total. The van der Waals surface area contributed by atoms with Crippen LogP contribution in [0.25, 0.3) is 0 Å². The van der Waals surface area contributed by atoms with Gasteiger partial charge in [-0.15, -0.1) is 6.58 Å². The number of hydrogen-bond donors (Lipinski definition) is 0. The topological polar surface area (TPSA) is 68.3 Å². The molecule has 1 fully saturated rings. The molecule has 0 unspecified atom stereocenters. The van der Waals surface area contributed by atoms with Gasteiger partial charge in [0.25, 0.3) is 0 Å². The van der Waals surface area contributed by atoms with E-state index >= 15 is 0 Å². The number of anilines is 1. The van der Waals surface area contributed by atoms with Crippen molar-refractivity contribution in [3.63, 3.8) is 0 Å². The Morgan fingerprint density at radius 2 is 1.90 bits per heavy atom. The zero-order chi connectivity index (χ0) is 34.1. The van der Waals surface area contributed by atoms with Gasteiger partial charge in [0.15, 0.2) is 0 Å². The molecule has 3 aromatic carbocycles. The van der Waals surface area contributed by atoms with E-state index in [1.54, 1.807) is 19.3 Å². The summed E-state index contributed by atoms with van der Waals surface area (Å²) in [5.41, 5.74) is 4.09. The summed E-state index contributed by atoms with van der Waals surface area (Å²) in [6, 6.07) is 19.7. The Kier molecular flexibility index (Phi) is 9.80. The lowest BCUT2D eigenvalue weighted by Crippen LogP contribution is -2.51. The first-order valence-corrected chi connectivity index (χ1v) is 17.4. The molecule has 8 heteroatoms. The second-order valence-corrected chi connectivity index (χ2v) is 15.0. The zero-order valence-corrected chi connectivity index (χ0v) is 29.4. The van der Waals surface area contributed by atoms with Crippen molar-refractivity contribution in [2.75, 3.05) is 38.3 Å². The Morgan fingerprint density at radius 1 is 1.10 bits per heavy atom. The summed E-state index contributed by atoms with van der Waals surface area (Å²) < 4.78 is 17.7. The third-order valence-corrected chi connectivity index (χ3v) is 10.3. The van der Waals surface area contributed by atoms with Gasteiger partial charge >= 0.3 is 5.97 Å². The summed E-state index contributed by atoms with van der Waals surface area (Å²) in [6.45, 7) is 12.5. The molecular formula is C40H47ClN2O5. The predicted molar refractivity (Wildman–Crippen MR) is 190 cm³/mol. The van der Waals surface area contributed by atoms with Gasteiger partial charge in [0.05, 0.1) is 25.0 Å². The van der Waals surface area contributed by atoms with Gasteiger partial charge in [0.1, 0.15) is 17.1 Å². The number of rotatable bonds is 9. The molecule has 1 amide bonds. The van der Waals surface area contributed by atoms with E-state index in [4.69, 9.17) is 25.8 Å². The number of esters is 1. The highest BCUT2D eigenvalue weighted by molar-refractivity contribution is 6.30. The van der Waals surface area contributed by atoms with Crippen molar-refractivity contribution in [1.82, 2.24) is 4.90 Å². The Balaban J connectivity index is 1.30. The summed E-state index contributed by atoms with van der Waals surface area (Å²) in [7, 11) is 1.65. The minimum atomic E-state index is -0.611. The Morgan fingerprint density at radius 3 is 2.58 bits per heavy atom. The van der Waals surface area contributed by atoms with E-state index in [1.165, 1.54) is 11.1 Å². The van der Waals surface area contributed by atoms with Crippen LogP contribution in [0, 0.1) is 11.8 Å². The van der Waals surface area contributed by atoms with Gasteiger partial charge in [0, 0.05) is 42.5 Å². The molecule has 0 aromatic heterocycles. The maximum Gasteiger partial charge on any atom is 0.338 e. The van der Waals surface area contributed by atoms with Crippen LogP contribution in [0.2, 0.25) is 5.02 Å². The molecule has 3 aliphatic rings.